The molecule has 0 spiro atoms. The third-order valence-corrected chi connectivity index (χ3v) is 2.20. The summed E-state index contributed by atoms with van der Waals surface area (Å²) in [7, 11) is 0. The minimum absolute atomic E-state index is 0.216. The number of rotatable bonds is 3. The zero-order valence-electron chi connectivity index (χ0n) is 9.60. The molecule has 1 N–H and O–H groups in total. The van der Waals surface area contributed by atoms with Gasteiger partial charge in [-0.1, -0.05) is 43.7 Å². The maximum absolute atomic E-state index is 12.8. The summed E-state index contributed by atoms with van der Waals surface area (Å²) < 4.78 is 38.5. The van der Waals surface area contributed by atoms with Crippen LogP contribution in [0.5, 0.6) is 0 Å². The smallest absolute Gasteiger partial charge is 0.300 e. The lowest BCUT2D eigenvalue weighted by molar-refractivity contribution is -0.159. The fourth-order valence-electron chi connectivity index (χ4n) is 1.56. The highest BCUT2D eigenvalue weighted by atomic mass is 19.4. The first kappa shape index (κ1) is 13.0. The van der Waals surface area contributed by atoms with E-state index >= 15 is 0 Å². The minimum atomic E-state index is -4.27. The number of halogens is 3. The first-order valence-corrected chi connectivity index (χ1v) is 5.20. The summed E-state index contributed by atoms with van der Waals surface area (Å²) in [4.78, 5) is 0. The molecular formula is C12H16F3N. The van der Waals surface area contributed by atoms with E-state index in [1.807, 2.05) is 0 Å². The van der Waals surface area contributed by atoms with Crippen molar-refractivity contribution in [2.45, 2.75) is 39.0 Å². The molecule has 0 aromatic heterocycles. The summed E-state index contributed by atoms with van der Waals surface area (Å²) in [5.41, 5.74) is 1.10. The monoisotopic (exact) mass is 231 g/mol. The molecule has 0 heterocycles. The summed E-state index contributed by atoms with van der Waals surface area (Å²) in [5, 5.41) is 2.54. The van der Waals surface area contributed by atoms with E-state index in [1.54, 1.807) is 39.0 Å². The normalized spacial score (nSPS) is 14.2. The molecule has 0 aliphatic rings. The van der Waals surface area contributed by atoms with Crippen molar-refractivity contribution >= 4 is 0 Å². The zero-order chi connectivity index (χ0) is 12.3. The van der Waals surface area contributed by atoms with Crippen LogP contribution in [0.3, 0.4) is 0 Å². The van der Waals surface area contributed by atoms with E-state index in [9.17, 15) is 13.2 Å². The van der Waals surface area contributed by atoms with Crippen molar-refractivity contribution in [1.29, 1.82) is 0 Å². The molecule has 1 rings (SSSR count). The molecule has 0 aliphatic carbocycles. The van der Waals surface area contributed by atoms with Gasteiger partial charge in [-0.05, 0) is 12.5 Å². The summed E-state index contributed by atoms with van der Waals surface area (Å²) >= 11 is 0. The minimum Gasteiger partial charge on any atom is -0.300 e. The van der Waals surface area contributed by atoms with Gasteiger partial charge in [0.05, 0.1) is 0 Å². The van der Waals surface area contributed by atoms with Gasteiger partial charge in [-0.3, -0.25) is 0 Å². The highest BCUT2D eigenvalue weighted by Crippen LogP contribution is 2.33. The lowest BCUT2D eigenvalue weighted by Crippen LogP contribution is -2.38. The third kappa shape index (κ3) is 3.52. The highest BCUT2D eigenvalue weighted by Gasteiger charge is 2.40. The van der Waals surface area contributed by atoms with Crippen molar-refractivity contribution in [3.63, 3.8) is 0 Å². The quantitative estimate of drug-likeness (QED) is 0.838. The van der Waals surface area contributed by atoms with Crippen LogP contribution in [0, 0.1) is 6.92 Å². The van der Waals surface area contributed by atoms with E-state index in [0.29, 0.717) is 0 Å². The second-order valence-electron chi connectivity index (χ2n) is 4.21. The average Bonchev–Trinajstić information content (AvgIpc) is 2.12. The molecule has 0 fully saturated rings. The molecule has 0 aliphatic heterocycles. The Morgan fingerprint density at radius 1 is 1.19 bits per heavy atom. The van der Waals surface area contributed by atoms with E-state index in [2.05, 4.69) is 5.32 Å². The van der Waals surface area contributed by atoms with Crippen LogP contribution in [0.4, 0.5) is 13.2 Å². The molecule has 0 saturated heterocycles. The predicted molar refractivity (Wildman–Crippen MR) is 58.2 cm³/mol. The first-order chi connectivity index (χ1) is 7.30. The number of nitrogens with one attached hydrogen (secondary N) is 1. The van der Waals surface area contributed by atoms with Gasteiger partial charge in [0.15, 0.2) is 0 Å². The Balaban J connectivity index is 3.01. The van der Waals surface area contributed by atoms with Crippen molar-refractivity contribution in [2.75, 3.05) is 0 Å². The summed E-state index contributed by atoms with van der Waals surface area (Å²) in [6, 6.07) is 4.69. The Hall–Kier alpha value is -1.03. The molecule has 0 amide bonds. The fourth-order valence-corrected chi connectivity index (χ4v) is 1.56. The molecular weight excluding hydrogens is 215 g/mol. The SMILES string of the molecule is Cc1cccc(C(NC(C)C)C(F)(F)F)c1. The number of benzene rings is 1. The van der Waals surface area contributed by atoms with Gasteiger partial charge in [0.25, 0.3) is 0 Å². The van der Waals surface area contributed by atoms with Gasteiger partial charge in [0.2, 0.25) is 0 Å². The fraction of sp³-hybridized carbons (Fsp3) is 0.500. The van der Waals surface area contributed by atoms with E-state index in [1.165, 1.54) is 6.07 Å². The molecule has 0 radical (unpaired) electrons. The van der Waals surface area contributed by atoms with Crippen LogP contribution in [0.1, 0.15) is 31.0 Å². The lowest BCUT2D eigenvalue weighted by atomic mass is 10.0. The molecule has 0 bridgehead atoms. The van der Waals surface area contributed by atoms with Crippen LogP contribution in [0.15, 0.2) is 24.3 Å². The Kier molecular flexibility index (Phi) is 3.97. The van der Waals surface area contributed by atoms with E-state index in [-0.39, 0.29) is 11.6 Å². The molecule has 0 saturated carbocycles. The summed E-state index contributed by atoms with van der Waals surface area (Å²) in [6.45, 7) is 5.19. The van der Waals surface area contributed by atoms with Crippen LogP contribution in [0.2, 0.25) is 0 Å². The van der Waals surface area contributed by atoms with E-state index < -0.39 is 12.2 Å². The van der Waals surface area contributed by atoms with Gasteiger partial charge in [-0.2, -0.15) is 13.2 Å². The number of hydrogen-bond donors (Lipinski definition) is 1. The number of aryl methyl sites for hydroxylation is 1. The summed E-state index contributed by atoms with van der Waals surface area (Å²) in [5.74, 6) is 0. The van der Waals surface area contributed by atoms with Gasteiger partial charge in [0.1, 0.15) is 6.04 Å². The topological polar surface area (TPSA) is 12.0 Å². The Morgan fingerprint density at radius 3 is 2.25 bits per heavy atom. The van der Waals surface area contributed by atoms with Crippen LogP contribution in [-0.4, -0.2) is 12.2 Å². The zero-order valence-corrected chi connectivity index (χ0v) is 9.60. The average molecular weight is 231 g/mol. The van der Waals surface area contributed by atoms with E-state index in [0.717, 1.165) is 5.56 Å². The lowest BCUT2D eigenvalue weighted by Gasteiger charge is -2.24. The van der Waals surface area contributed by atoms with Crippen LogP contribution in [0.25, 0.3) is 0 Å². The Morgan fingerprint density at radius 2 is 1.81 bits per heavy atom. The summed E-state index contributed by atoms with van der Waals surface area (Å²) in [6.07, 6.45) is -4.27. The molecule has 4 heteroatoms. The van der Waals surface area contributed by atoms with E-state index in [4.69, 9.17) is 0 Å². The molecule has 16 heavy (non-hydrogen) atoms. The van der Waals surface area contributed by atoms with Crippen molar-refractivity contribution in [3.05, 3.63) is 35.4 Å². The van der Waals surface area contributed by atoms with Crippen molar-refractivity contribution in [1.82, 2.24) is 5.32 Å². The molecule has 1 nitrogen and oxygen atoms in total. The van der Waals surface area contributed by atoms with Crippen LogP contribution in [-0.2, 0) is 0 Å². The molecule has 1 aromatic rings. The van der Waals surface area contributed by atoms with Crippen LogP contribution < -0.4 is 5.32 Å². The highest BCUT2D eigenvalue weighted by molar-refractivity contribution is 5.26. The predicted octanol–water partition coefficient (Wildman–Crippen LogP) is 3.60. The molecule has 1 aromatic carbocycles. The number of alkyl halides is 3. The van der Waals surface area contributed by atoms with Gasteiger partial charge >= 0.3 is 6.18 Å². The molecule has 90 valence electrons. The van der Waals surface area contributed by atoms with Crippen molar-refractivity contribution < 1.29 is 13.2 Å². The Bertz CT molecular complexity index is 344. The largest absolute Gasteiger partial charge is 0.407 e. The first-order valence-electron chi connectivity index (χ1n) is 5.20. The van der Waals surface area contributed by atoms with Gasteiger partial charge in [-0.25, -0.2) is 0 Å². The number of hydrogen-bond acceptors (Lipinski definition) is 1. The second kappa shape index (κ2) is 4.87. The standard InChI is InChI=1S/C12H16F3N/c1-8(2)16-11(12(13,14)15)10-6-4-5-9(3)7-10/h4-8,11,16H,1-3H3. The van der Waals surface area contributed by atoms with Gasteiger partial charge in [0, 0.05) is 6.04 Å². The second-order valence-corrected chi connectivity index (χ2v) is 4.21. The van der Waals surface area contributed by atoms with Crippen LogP contribution >= 0.6 is 0 Å². The van der Waals surface area contributed by atoms with Gasteiger partial charge in [-0.15, -0.1) is 0 Å². The maximum atomic E-state index is 12.8. The maximum Gasteiger partial charge on any atom is 0.407 e. The third-order valence-electron chi connectivity index (χ3n) is 2.20. The van der Waals surface area contributed by atoms with Gasteiger partial charge < -0.3 is 5.32 Å². The molecule has 1 unspecified atom stereocenters. The van der Waals surface area contributed by atoms with Crippen molar-refractivity contribution in [3.8, 4) is 0 Å². The van der Waals surface area contributed by atoms with Crippen molar-refractivity contribution in [2.24, 2.45) is 0 Å². The molecule has 1 atom stereocenters. The Labute approximate surface area is 93.7 Å².